The molecule has 0 spiro atoms. The number of likely N-dealkylation sites (N-methyl/N-ethyl adjacent to an activating group) is 1. The zero-order chi connectivity index (χ0) is 57.7. The normalized spacial score (nSPS) is 13.0. The molecule has 0 N–H and O–H groups in total. The third-order valence-electron chi connectivity index (χ3n) is 16.4. The maximum atomic E-state index is 12.9. The average Bonchev–Trinajstić information content (AvgIpc) is 3.41. The van der Waals surface area contributed by atoms with Gasteiger partial charge in [0, 0.05) is 12.8 Å². The van der Waals surface area contributed by atoms with Crippen LogP contribution in [0.4, 0.5) is 0 Å². The van der Waals surface area contributed by atoms with E-state index in [9.17, 15) is 19.0 Å². The Morgan fingerprint density at radius 2 is 0.570 bits per heavy atom. The monoisotopic (exact) mass is 1140 g/mol. The van der Waals surface area contributed by atoms with Gasteiger partial charge in [0.25, 0.3) is 7.82 Å². The summed E-state index contributed by atoms with van der Waals surface area (Å²) >= 11 is 0. The Morgan fingerprint density at radius 1 is 0.342 bits per heavy atom. The zero-order valence-electron chi connectivity index (χ0n) is 53.9. The minimum atomic E-state index is -4.63. The van der Waals surface area contributed by atoms with Crippen LogP contribution in [0.2, 0.25) is 0 Å². The van der Waals surface area contributed by atoms with Crippen LogP contribution >= 0.6 is 7.82 Å². The van der Waals surface area contributed by atoms with Crippen LogP contribution in [0, 0.1) is 0 Å². The summed E-state index contributed by atoms with van der Waals surface area (Å²) in [5.41, 5.74) is 0. The van der Waals surface area contributed by atoms with Crippen LogP contribution < -0.4 is 4.89 Å². The summed E-state index contributed by atoms with van der Waals surface area (Å²) in [6.07, 6.45) is 73.4. The molecule has 0 saturated heterocycles. The third-order valence-corrected chi connectivity index (χ3v) is 17.3. The second-order valence-electron chi connectivity index (χ2n) is 25.6. The van der Waals surface area contributed by atoms with Gasteiger partial charge in [-0.25, -0.2) is 0 Å². The number of carbonyl (C=O) groups excluding carboxylic acids is 2. The third kappa shape index (κ3) is 66.0. The minimum Gasteiger partial charge on any atom is -0.756 e. The number of ether oxygens (including phenoxy) is 2. The molecular weight excluding hydrogens is 1000 g/mol. The van der Waals surface area contributed by atoms with Gasteiger partial charge in [0.15, 0.2) is 6.10 Å². The lowest BCUT2D eigenvalue weighted by Crippen LogP contribution is -2.37. The van der Waals surface area contributed by atoms with Crippen LogP contribution in [0.3, 0.4) is 0 Å². The Bertz CT molecular complexity index is 1290. The van der Waals surface area contributed by atoms with Crippen molar-refractivity contribution in [2.45, 2.75) is 386 Å². The van der Waals surface area contributed by atoms with Crippen LogP contribution in [0.1, 0.15) is 380 Å². The predicted octanol–water partition coefficient (Wildman–Crippen LogP) is 21.9. The summed E-state index contributed by atoms with van der Waals surface area (Å²) in [6, 6.07) is 0. The molecule has 0 aliphatic rings. The number of phosphoric ester groups is 1. The first-order valence-electron chi connectivity index (χ1n) is 35.2. The average molecular weight is 1140 g/mol. The number of carbonyl (C=O) groups is 2. The number of hydrogen-bond acceptors (Lipinski definition) is 8. The summed E-state index contributed by atoms with van der Waals surface area (Å²) in [5.74, 6) is -0.804. The minimum absolute atomic E-state index is 0.0248. The predicted molar refractivity (Wildman–Crippen MR) is 338 cm³/mol. The van der Waals surface area contributed by atoms with Gasteiger partial charge in [-0.1, -0.05) is 354 Å². The molecule has 0 radical (unpaired) electrons. The quantitative estimate of drug-likeness (QED) is 0.0256. The van der Waals surface area contributed by atoms with Gasteiger partial charge in [0.1, 0.15) is 19.8 Å². The second-order valence-corrected chi connectivity index (χ2v) is 27.0. The molecule has 0 saturated carbocycles. The molecule has 0 aliphatic carbocycles. The van der Waals surface area contributed by atoms with Crippen molar-refractivity contribution in [1.82, 2.24) is 0 Å². The van der Waals surface area contributed by atoms with Crippen molar-refractivity contribution < 1.29 is 42.1 Å². The van der Waals surface area contributed by atoms with Gasteiger partial charge in [-0.05, 0) is 12.8 Å². The van der Waals surface area contributed by atoms with E-state index in [2.05, 4.69) is 13.8 Å². The topological polar surface area (TPSA) is 111 Å². The van der Waals surface area contributed by atoms with Crippen LogP contribution in [0.25, 0.3) is 0 Å². The number of phosphoric acid groups is 1. The Hall–Kier alpha value is -0.990. The second kappa shape index (κ2) is 61.6. The maximum absolute atomic E-state index is 12.9. The standard InChI is InChI=1S/C69H138NO8P/c1-6-8-10-12-14-16-18-20-22-24-26-28-30-31-32-33-34-35-36-37-38-39-40-42-44-46-48-50-52-54-56-58-60-62-69(72)78-67(66-77-79(73,74)76-64-63-70(3,4)5)65-75-68(71)61-59-57-55-53-51-49-47-45-43-41-29-27-25-23-21-19-17-15-13-11-9-7-2/h67H,6-66H2,1-5H3. The highest BCUT2D eigenvalue weighted by Gasteiger charge is 2.22. The SMILES string of the molecule is CCCCCCCCCCCCCCCCCCCCCCCCCCCCCCCCCCCC(=O)OC(COC(=O)CCCCCCCCCCCCCCCCCCCCCCCC)COP(=O)([O-])OCC[N+](C)(C)C. The Morgan fingerprint density at radius 3 is 0.810 bits per heavy atom. The van der Waals surface area contributed by atoms with E-state index in [1.165, 1.54) is 315 Å². The zero-order valence-corrected chi connectivity index (χ0v) is 54.8. The van der Waals surface area contributed by atoms with Crippen molar-refractivity contribution in [3.8, 4) is 0 Å². The van der Waals surface area contributed by atoms with Gasteiger partial charge >= 0.3 is 11.9 Å². The van der Waals surface area contributed by atoms with Gasteiger partial charge in [-0.2, -0.15) is 0 Å². The molecule has 0 fully saturated rings. The molecule has 79 heavy (non-hydrogen) atoms. The van der Waals surface area contributed by atoms with Crippen LogP contribution in [-0.4, -0.2) is 70.0 Å². The molecule has 0 bridgehead atoms. The summed E-state index contributed by atoms with van der Waals surface area (Å²) in [4.78, 5) is 38.0. The van der Waals surface area contributed by atoms with Gasteiger partial charge < -0.3 is 27.9 Å². The number of unbranched alkanes of at least 4 members (excludes halogenated alkanes) is 53. The largest absolute Gasteiger partial charge is 0.756 e. The lowest BCUT2D eigenvalue weighted by molar-refractivity contribution is -0.870. The van der Waals surface area contributed by atoms with Crippen LogP contribution in [0.15, 0.2) is 0 Å². The van der Waals surface area contributed by atoms with E-state index in [4.69, 9.17) is 18.5 Å². The van der Waals surface area contributed by atoms with E-state index in [0.717, 1.165) is 32.1 Å². The molecule has 2 unspecified atom stereocenters. The van der Waals surface area contributed by atoms with E-state index in [0.29, 0.717) is 17.4 Å². The first-order valence-corrected chi connectivity index (χ1v) is 36.7. The van der Waals surface area contributed by atoms with Crippen molar-refractivity contribution in [2.24, 2.45) is 0 Å². The van der Waals surface area contributed by atoms with E-state index in [1.54, 1.807) is 0 Å². The van der Waals surface area contributed by atoms with Crippen molar-refractivity contribution in [3.63, 3.8) is 0 Å². The number of quaternary nitrogens is 1. The Labute approximate surface area is 493 Å². The fourth-order valence-corrected chi connectivity index (χ4v) is 11.7. The summed E-state index contributed by atoms with van der Waals surface area (Å²) in [7, 11) is 1.20. The smallest absolute Gasteiger partial charge is 0.306 e. The van der Waals surface area contributed by atoms with Gasteiger partial charge in [-0.15, -0.1) is 0 Å². The van der Waals surface area contributed by atoms with Crippen LogP contribution in [-0.2, 0) is 32.7 Å². The number of esters is 2. The highest BCUT2D eigenvalue weighted by Crippen LogP contribution is 2.38. The molecule has 472 valence electrons. The lowest BCUT2D eigenvalue weighted by Gasteiger charge is -2.28. The van der Waals surface area contributed by atoms with Gasteiger partial charge in [-0.3, -0.25) is 14.2 Å². The molecule has 0 aromatic rings. The molecule has 2 atom stereocenters. The van der Waals surface area contributed by atoms with Gasteiger partial charge in [0.2, 0.25) is 0 Å². The van der Waals surface area contributed by atoms with Crippen LogP contribution in [0.5, 0.6) is 0 Å². The van der Waals surface area contributed by atoms with E-state index in [1.807, 2.05) is 21.1 Å². The molecule has 9 nitrogen and oxygen atoms in total. The summed E-state index contributed by atoms with van der Waals surface area (Å²) < 4.78 is 34.3. The first-order chi connectivity index (χ1) is 38.5. The molecule has 0 heterocycles. The lowest BCUT2D eigenvalue weighted by atomic mass is 10.0. The Balaban J connectivity index is 3.94. The molecule has 0 aliphatic heterocycles. The molecule has 0 amide bonds. The fourth-order valence-electron chi connectivity index (χ4n) is 11.0. The van der Waals surface area contributed by atoms with E-state index < -0.39 is 26.5 Å². The first kappa shape index (κ1) is 78.0. The molecule has 0 rings (SSSR count). The fraction of sp³-hybridized carbons (Fsp3) is 0.971. The highest BCUT2D eigenvalue weighted by atomic mass is 31.2. The summed E-state index contributed by atoms with van der Waals surface area (Å²) in [5, 5.41) is 0. The highest BCUT2D eigenvalue weighted by molar-refractivity contribution is 7.45. The van der Waals surface area contributed by atoms with Crippen molar-refractivity contribution in [2.75, 3.05) is 47.5 Å². The summed E-state index contributed by atoms with van der Waals surface area (Å²) in [6.45, 7) is 4.34. The number of rotatable bonds is 67. The molecule has 0 aromatic carbocycles. The Kier molecular flexibility index (Phi) is 60.8. The maximum Gasteiger partial charge on any atom is 0.306 e. The number of hydrogen-bond donors (Lipinski definition) is 0. The molecule has 0 aromatic heterocycles. The van der Waals surface area contributed by atoms with Crippen molar-refractivity contribution >= 4 is 19.8 Å². The van der Waals surface area contributed by atoms with E-state index in [-0.39, 0.29) is 32.0 Å². The molecular formula is C69H138NO8P. The van der Waals surface area contributed by atoms with E-state index >= 15 is 0 Å². The number of nitrogens with zero attached hydrogens (tertiary/aromatic N) is 1. The van der Waals surface area contributed by atoms with Crippen molar-refractivity contribution in [1.29, 1.82) is 0 Å². The van der Waals surface area contributed by atoms with Gasteiger partial charge in [0.05, 0.1) is 27.7 Å². The van der Waals surface area contributed by atoms with Crippen molar-refractivity contribution in [3.05, 3.63) is 0 Å². The molecule has 10 heteroatoms.